The number of nitrogens with zero attached hydrogens (tertiary/aromatic N) is 3. The van der Waals surface area contributed by atoms with Crippen molar-refractivity contribution in [2.75, 3.05) is 12.3 Å². The molecule has 26 heavy (non-hydrogen) atoms. The van der Waals surface area contributed by atoms with Crippen molar-refractivity contribution in [3.63, 3.8) is 0 Å². The lowest BCUT2D eigenvalue weighted by atomic mass is 10.0. The third-order valence-corrected chi connectivity index (χ3v) is 5.53. The average molecular weight is 395 g/mol. The van der Waals surface area contributed by atoms with Gasteiger partial charge in [-0.1, -0.05) is 30.3 Å². The molecule has 2 aromatic rings. The van der Waals surface area contributed by atoms with E-state index in [1.807, 2.05) is 4.90 Å². The van der Waals surface area contributed by atoms with Gasteiger partial charge in [0.25, 0.3) is 0 Å². The molecular formula is C18H23ClN4O2S. The lowest BCUT2D eigenvalue weighted by Crippen LogP contribution is -2.44. The number of nitrogens with one attached hydrogen (secondary N) is 1. The number of likely N-dealkylation sites (tertiary alicyclic amines) is 1. The molecule has 0 saturated carbocycles. The van der Waals surface area contributed by atoms with Crippen LogP contribution in [-0.2, 0) is 11.4 Å². The maximum Gasteiger partial charge on any atom is 0.233 e. The third kappa shape index (κ3) is 5.14. The number of halogens is 1. The largest absolute Gasteiger partial charge is 0.486 e. The number of piperidine rings is 1. The number of hydrogen-bond acceptors (Lipinski definition) is 5. The minimum Gasteiger partial charge on any atom is -0.486 e. The predicted molar refractivity (Wildman–Crippen MR) is 103 cm³/mol. The molecule has 8 heteroatoms. The second-order valence-electron chi connectivity index (χ2n) is 6.24. The summed E-state index contributed by atoms with van der Waals surface area (Å²) < 4.78 is 5.63. The number of rotatable bonds is 7. The highest BCUT2D eigenvalue weighted by Gasteiger charge is 2.25. The fraction of sp³-hybridized carbons (Fsp3) is 0.500. The summed E-state index contributed by atoms with van der Waals surface area (Å²) in [6, 6.07) is 7.53. The van der Waals surface area contributed by atoms with E-state index >= 15 is 0 Å². The summed E-state index contributed by atoms with van der Waals surface area (Å²) in [6.07, 6.45) is 4.44. The van der Waals surface area contributed by atoms with Gasteiger partial charge < -0.3 is 9.64 Å². The molecule has 1 saturated heterocycles. The molecule has 0 bridgehead atoms. The number of aromatic amines is 1. The summed E-state index contributed by atoms with van der Waals surface area (Å²) in [5.74, 6) is 1.88. The second kappa shape index (κ2) is 9.28. The van der Waals surface area contributed by atoms with Crippen LogP contribution in [0, 0.1) is 0 Å². The molecule has 1 atom stereocenters. The van der Waals surface area contributed by atoms with Gasteiger partial charge in [-0.2, -0.15) is 0 Å². The lowest BCUT2D eigenvalue weighted by Gasteiger charge is -2.35. The van der Waals surface area contributed by atoms with Gasteiger partial charge in [0.1, 0.15) is 12.4 Å². The Hall–Kier alpha value is -1.73. The van der Waals surface area contributed by atoms with Gasteiger partial charge in [-0.25, -0.2) is 4.98 Å². The summed E-state index contributed by atoms with van der Waals surface area (Å²) in [5, 5.41) is 8.24. The molecule has 1 fully saturated rings. The highest BCUT2D eigenvalue weighted by molar-refractivity contribution is 7.99. The Balaban J connectivity index is 1.47. The molecule has 0 radical (unpaired) electrons. The molecule has 1 amide bonds. The fourth-order valence-corrected chi connectivity index (χ4v) is 3.88. The van der Waals surface area contributed by atoms with Crippen LogP contribution < -0.4 is 4.74 Å². The number of aromatic nitrogens is 3. The first kappa shape index (κ1) is 19.0. The number of benzene rings is 1. The first-order valence-electron chi connectivity index (χ1n) is 8.87. The highest BCUT2D eigenvalue weighted by Crippen LogP contribution is 2.22. The van der Waals surface area contributed by atoms with E-state index in [9.17, 15) is 4.79 Å². The van der Waals surface area contributed by atoms with Gasteiger partial charge in [0.15, 0.2) is 5.82 Å². The summed E-state index contributed by atoms with van der Waals surface area (Å²) in [4.78, 5) is 18.9. The van der Waals surface area contributed by atoms with Crippen molar-refractivity contribution in [3.8, 4) is 5.75 Å². The zero-order valence-corrected chi connectivity index (χ0v) is 16.4. The smallest absolute Gasteiger partial charge is 0.233 e. The molecule has 1 aliphatic rings. The van der Waals surface area contributed by atoms with E-state index in [4.69, 9.17) is 16.3 Å². The number of H-pyrrole nitrogens is 1. The van der Waals surface area contributed by atoms with Gasteiger partial charge in [0, 0.05) is 17.6 Å². The molecule has 0 aliphatic carbocycles. The van der Waals surface area contributed by atoms with E-state index < -0.39 is 0 Å². The minimum absolute atomic E-state index is 0.172. The van der Waals surface area contributed by atoms with E-state index in [2.05, 4.69) is 22.1 Å². The first-order valence-corrected chi connectivity index (χ1v) is 10.2. The molecule has 140 valence electrons. The van der Waals surface area contributed by atoms with Gasteiger partial charge in [-0.05, 0) is 49.9 Å². The molecular weight excluding hydrogens is 372 g/mol. The Bertz CT molecular complexity index is 722. The van der Waals surface area contributed by atoms with Crippen LogP contribution in [0.4, 0.5) is 0 Å². The maximum absolute atomic E-state index is 12.5. The number of hydrogen-bond donors (Lipinski definition) is 1. The zero-order valence-electron chi connectivity index (χ0n) is 14.8. The Labute approximate surface area is 162 Å². The van der Waals surface area contributed by atoms with Crippen LogP contribution in [0.2, 0.25) is 5.02 Å². The van der Waals surface area contributed by atoms with Crippen molar-refractivity contribution in [1.29, 1.82) is 0 Å². The fourth-order valence-electron chi connectivity index (χ4n) is 3.05. The average Bonchev–Trinajstić information content (AvgIpc) is 3.13. The monoisotopic (exact) mass is 394 g/mol. The normalized spacial score (nSPS) is 17.3. The summed E-state index contributed by atoms with van der Waals surface area (Å²) >= 11 is 7.21. The molecule has 0 spiro atoms. The number of thioether (sulfide) groups is 1. The third-order valence-electron chi connectivity index (χ3n) is 4.44. The van der Waals surface area contributed by atoms with Crippen LogP contribution in [0.25, 0.3) is 0 Å². The van der Waals surface area contributed by atoms with E-state index in [-0.39, 0.29) is 12.5 Å². The van der Waals surface area contributed by atoms with Gasteiger partial charge in [0.05, 0.1) is 5.75 Å². The Morgan fingerprint density at radius 3 is 2.96 bits per heavy atom. The van der Waals surface area contributed by atoms with E-state index in [0.29, 0.717) is 33.5 Å². The Kier molecular flexibility index (Phi) is 6.80. The van der Waals surface area contributed by atoms with Crippen molar-refractivity contribution in [1.82, 2.24) is 20.1 Å². The summed E-state index contributed by atoms with van der Waals surface area (Å²) in [7, 11) is 0. The topological polar surface area (TPSA) is 71.1 Å². The van der Waals surface area contributed by atoms with Crippen LogP contribution in [-0.4, -0.2) is 44.3 Å². The van der Waals surface area contributed by atoms with Crippen molar-refractivity contribution in [3.05, 3.63) is 35.1 Å². The van der Waals surface area contributed by atoms with Crippen molar-refractivity contribution >= 4 is 29.3 Å². The van der Waals surface area contributed by atoms with Crippen LogP contribution in [0.5, 0.6) is 5.75 Å². The number of amides is 1. The summed E-state index contributed by atoms with van der Waals surface area (Å²) in [5.41, 5.74) is 0. The van der Waals surface area contributed by atoms with E-state index in [1.54, 1.807) is 24.3 Å². The zero-order chi connectivity index (χ0) is 18.4. The maximum atomic E-state index is 12.5. The van der Waals surface area contributed by atoms with Crippen LogP contribution in [0.15, 0.2) is 29.4 Å². The second-order valence-corrected chi connectivity index (χ2v) is 7.62. The molecule has 1 unspecified atom stereocenters. The molecule has 2 heterocycles. The van der Waals surface area contributed by atoms with Crippen molar-refractivity contribution < 1.29 is 9.53 Å². The Morgan fingerprint density at radius 2 is 2.19 bits per heavy atom. The molecule has 1 aromatic carbocycles. The molecule has 1 aromatic heterocycles. The van der Waals surface area contributed by atoms with Crippen LogP contribution >= 0.6 is 23.4 Å². The van der Waals surface area contributed by atoms with Gasteiger partial charge >= 0.3 is 0 Å². The molecule has 1 N–H and O–H groups in total. The Morgan fingerprint density at radius 1 is 1.38 bits per heavy atom. The first-order chi connectivity index (χ1) is 12.7. The lowest BCUT2D eigenvalue weighted by molar-refractivity contribution is -0.132. The van der Waals surface area contributed by atoms with Crippen LogP contribution in [0.1, 0.15) is 38.4 Å². The number of carbonyl (C=O) groups excluding carboxylic acids is 1. The van der Waals surface area contributed by atoms with E-state index in [0.717, 1.165) is 25.8 Å². The molecule has 6 nitrogen and oxygen atoms in total. The predicted octanol–water partition coefficient (Wildman–Crippen LogP) is 3.92. The molecule has 1 aliphatic heterocycles. The quantitative estimate of drug-likeness (QED) is 0.720. The standard InChI is InChI=1S/C18H23ClN4O2S/c1-2-14-5-3-4-10-23(14)17(24)12-26-18-20-16(21-22-18)11-25-15-8-6-13(19)7-9-15/h6-9,14H,2-5,10-12H2,1H3,(H,20,21,22). The van der Waals surface area contributed by atoms with Crippen molar-refractivity contribution in [2.24, 2.45) is 0 Å². The van der Waals surface area contributed by atoms with E-state index in [1.165, 1.54) is 18.2 Å². The van der Waals surface area contributed by atoms with Gasteiger partial charge in [0.2, 0.25) is 11.1 Å². The van der Waals surface area contributed by atoms with Crippen LogP contribution in [0.3, 0.4) is 0 Å². The van der Waals surface area contributed by atoms with Gasteiger partial charge in [-0.15, -0.1) is 5.10 Å². The number of carbonyl (C=O) groups is 1. The SMILES string of the molecule is CCC1CCCCN1C(=O)CSc1n[nH]c(COc2ccc(Cl)cc2)n1. The van der Waals surface area contributed by atoms with Crippen molar-refractivity contribution in [2.45, 2.75) is 50.4 Å². The summed E-state index contributed by atoms with van der Waals surface area (Å²) in [6.45, 7) is 3.30. The number of ether oxygens (including phenoxy) is 1. The highest BCUT2D eigenvalue weighted by atomic mass is 35.5. The van der Waals surface area contributed by atoms with Gasteiger partial charge in [-0.3, -0.25) is 9.89 Å². The molecule has 3 rings (SSSR count). The minimum atomic E-state index is 0.172.